The van der Waals surface area contributed by atoms with Crippen LogP contribution in [0.4, 0.5) is 11.4 Å². The Kier molecular flexibility index (Phi) is 5.52. The summed E-state index contributed by atoms with van der Waals surface area (Å²) >= 11 is 0. The molecule has 0 saturated carbocycles. The molecule has 2 aromatic rings. The number of benzene rings is 2. The first kappa shape index (κ1) is 19.6. The van der Waals surface area contributed by atoms with Crippen LogP contribution < -0.4 is 20.1 Å². The number of fused-ring (bicyclic) bond motifs is 1. The third kappa shape index (κ3) is 4.24. The molecule has 0 aromatic heterocycles. The number of nitrogens with zero attached hydrogens (tertiary/aromatic N) is 1. The maximum Gasteiger partial charge on any atom is 0.262 e. The van der Waals surface area contributed by atoms with Gasteiger partial charge in [-0.1, -0.05) is 6.07 Å². The van der Waals surface area contributed by atoms with Gasteiger partial charge in [-0.15, -0.1) is 0 Å². The number of ether oxygens (including phenoxy) is 2. The lowest BCUT2D eigenvalue weighted by Gasteiger charge is -2.21. The molecule has 9 nitrogen and oxygen atoms in total. The fourth-order valence-electron chi connectivity index (χ4n) is 2.59. The zero-order chi connectivity index (χ0) is 20.3. The van der Waals surface area contributed by atoms with Crippen molar-refractivity contribution in [1.29, 1.82) is 0 Å². The van der Waals surface area contributed by atoms with Crippen LogP contribution in [0.2, 0.25) is 0 Å². The summed E-state index contributed by atoms with van der Waals surface area (Å²) in [6.07, 6.45) is 0. The van der Waals surface area contributed by atoms with E-state index in [1.54, 1.807) is 24.3 Å². The van der Waals surface area contributed by atoms with Crippen LogP contribution >= 0.6 is 0 Å². The van der Waals surface area contributed by atoms with Crippen LogP contribution in [0, 0.1) is 0 Å². The quantitative estimate of drug-likeness (QED) is 0.749. The van der Waals surface area contributed by atoms with Gasteiger partial charge in [0.25, 0.3) is 5.91 Å². The Bertz CT molecular complexity index is 1020. The van der Waals surface area contributed by atoms with Gasteiger partial charge in [-0.2, -0.15) is 4.31 Å². The van der Waals surface area contributed by atoms with Crippen molar-refractivity contribution >= 4 is 33.2 Å². The number of amides is 2. The molecule has 1 heterocycles. The smallest absolute Gasteiger partial charge is 0.262 e. The number of methoxy groups -OCH3 is 1. The lowest BCUT2D eigenvalue weighted by Crippen LogP contribution is -2.35. The van der Waals surface area contributed by atoms with Gasteiger partial charge < -0.3 is 20.1 Å². The first-order valence-corrected chi connectivity index (χ1v) is 9.70. The van der Waals surface area contributed by atoms with Crippen molar-refractivity contribution in [3.05, 3.63) is 42.5 Å². The maximum absolute atomic E-state index is 12.8. The van der Waals surface area contributed by atoms with Gasteiger partial charge >= 0.3 is 0 Å². The molecular formula is C18H19N3O6S. The van der Waals surface area contributed by atoms with Crippen molar-refractivity contribution in [2.45, 2.75) is 4.90 Å². The molecule has 0 spiro atoms. The van der Waals surface area contributed by atoms with Crippen molar-refractivity contribution < 1.29 is 27.5 Å². The van der Waals surface area contributed by atoms with Gasteiger partial charge in [-0.05, 0) is 30.3 Å². The lowest BCUT2D eigenvalue weighted by molar-refractivity contribution is -0.118. The van der Waals surface area contributed by atoms with Crippen molar-refractivity contribution in [2.75, 3.05) is 37.9 Å². The van der Waals surface area contributed by atoms with E-state index in [1.165, 1.54) is 32.4 Å². The molecule has 0 radical (unpaired) electrons. The van der Waals surface area contributed by atoms with Gasteiger partial charge in [0.1, 0.15) is 11.5 Å². The molecule has 148 valence electrons. The summed E-state index contributed by atoms with van der Waals surface area (Å²) < 4.78 is 36.8. The minimum absolute atomic E-state index is 0.0614. The number of carbonyl (C=O) groups excluding carboxylic acids is 2. The van der Waals surface area contributed by atoms with Crippen molar-refractivity contribution in [3.63, 3.8) is 0 Å². The molecule has 0 aliphatic carbocycles. The molecule has 2 N–H and O–H groups in total. The molecule has 2 aromatic carbocycles. The molecule has 1 aliphatic rings. The lowest BCUT2D eigenvalue weighted by atomic mass is 10.2. The van der Waals surface area contributed by atoms with Crippen molar-refractivity contribution in [2.24, 2.45) is 0 Å². The summed E-state index contributed by atoms with van der Waals surface area (Å²) in [6.45, 7) is -0.511. The first-order chi connectivity index (χ1) is 13.3. The Morgan fingerprint density at radius 3 is 2.82 bits per heavy atom. The third-order valence-corrected chi connectivity index (χ3v) is 5.81. The molecular weight excluding hydrogens is 386 g/mol. The van der Waals surface area contributed by atoms with Crippen molar-refractivity contribution in [3.8, 4) is 11.5 Å². The Balaban J connectivity index is 1.72. The highest BCUT2D eigenvalue weighted by Crippen LogP contribution is 2.31. The van der Waals surface area contributed by atoms with Crippen LogP contribution in [0.25, 0.3) is 0 Å². The van der Waals surface area contributed by atoms with Crippen LogP contribution in [0.3, 0.4) is 0 Å². The standard InChI is InChI=1S/C18H19N3O6S/c1-21(10-17(22)19-12-4-3-5-13(8-12)26-2)28(24,25)14-6-7-16-15(9-14)20-18(23)11-27-16/h3-9H,10-11H2,1-2H3,(H,19,22)(H,20,23). The van der Waals surface area contributed by atoms with Crippen LogP contribution in [-0.2, 0) is 19.6 Å². The Morgan fingerprint density at radius 1 is 1.29 bits per heavy atom. The Hall–Kier alpha value is -3.11. The molecule has 3 rings (SSSR count). The number of hydrogen-bond acceptors (Lipinski definition) is 6. The first-order valence-electron chi connectivity index (χ1n) is 8.26. The van der Waals surface area contributed by atoms with Crippen LogP contribution in [-0.4, -0.2) is 51.8 Å². The van der Waals surface area contributed by atoms with Crippen LogP contribution in [0.5, 0.6) is 11.5 Å². The zero-order valence-electron chi connectivity index (χ0n) is 15.3. The minimum Gasteiger partial charge on any atom is -0.497 e. The summed E-state index contributed by atoms with van der Waals surface area (Å²) in [4.78, 5) is 23.6. The van der Waals surface area contributed by atoms with E-state index in [0.29, 0.717) is 17.2 Å². The number of sulfonamides is 1. The Labute approximate surface area is 162 Å². The van der Waals surface area contributed by atoms with Crippen LogP contribution in [0.15, 0.2) is 47.4 Å². The number of likely N-dealkylation sites (N-methyl/N-ethyl adjacent to an activating group) is 1. The van der Waals surface area contributed by atoms with Gasteiger partial charge in [0.2, 0.25) is 15.9 Å². The number of nitrogens with one attached hydrogen (secondary N) is 2. The maximum atomic E-state index is 12.8. The van der Waals surface area contributed by atoms with E-state index in [0.717, 1.165) is 4.31 Å². The second kappa shape index (κ2) is 7.87. The molecule has 10 heteroatoms. The molecule has 28 heavy (non-hydrogen) atoms. The molecule has 2 amide bonds. The van der Waals surface area contributed by atoms with Gasteiger partial charge in [-0.25, -0.2) is 8.42 Å². The van der Waals surface area contributed by atoms with E-state index in [2.05, 4.69) is 10.6 Å². The normalized spacial score (nSPS) is 13.3. The number of carbonyl (C=O) groups is 2. The SMILES string of the molecule is COc1cccc(NC(=O)CN(C)S(=O)(=O)c2ccc3c(c2)NC(=O)CO3)c1. The highest BCUT2D eigenvalue weighted by molar-refractivity contribution is 7.89. The molecule has 0 unspecified atom stereocenters. The summed E-state index contributed by atoms with van der Waals surface area (Å²) in [7, 11) is -1.14. The van der Waals surface area contributed by atoms with Crippen molar-refractivity contribution in [1.82, 2.24) is 4.31 Å². The average molecular weight is 405 g/mol. The largest absolute Gasteiger partial charge is 0.497 e. The van der Waals surface area contributed by atoms with Crippen LogP contribution in [0.1, 0.15) is 0 Å². The number of hydrogen-bond donors (Lipinski definition) is 2. The van der Waals surface area contributed by atoms with E-state index < -0.39 is 15.9 Å². The van der Waals surface area contributed by atoms with Gasteiger partial charge in [0.05, 0.1) is 24.2 Å². The monoisotopic (exact) mass is 405 g/mol. The summed E-state index contributed by atoms with van der Waals surface area (Å²) in [5.41, 5.74) is 0.760. The van der Waals surface area contributed by atoms with Gasteiger partial charge in [0.15, 0.2) is 6.61 Å². The molecule has 0 bridgehead atoms. The zero-order valence-corrected chi connectivity index (χ0v) is 16.1. The predicted molar refractivity (Wildman–Crippen MR) is 102 cm³/mol. The van der Waals surface area contributed by atoms with E-state index in [9.17, 15) is 18.0 Å². The third-order valence-electron chi connectivity index (χ3n) is 4.01. The second-order valence-electron chi connectivity index (χ2n) is 6.04. The highest BCUT2D eigenvalue weighted by Gasteiger charge is 2.26. The van der Waals surface area contributed by atoms with E-state index in [-0.39, 0.29) is 29.6 Å². The summed E-state index contributed by atoms with van der Waals surface area (Å²) in [5.74, 6) is 0.0797. The predicted octanol–water partition coefficient (Wildman–Crippen LogP) is 1.29. The number of rotatable bonds is 6. The van der Waals surface area contributed by atoms with E-state index >= 15 is 0 Å². The minimum atomic E-state index is -3.95. The van der Waals surface area contributed by atoms with Gasteiger partial charge in [0, 0.05) is 18.8 Å². The fraction of sp³-hybridized carbons (Fsp3) is 0.222. The molecule has 1 aliphatic heterocycles. The average Bonchev–Trinajstić information content (AvgIpc) is 2.67. The molecule has 0 fully saturated rings. The topological polar surface area (TPSA) is 114 Å². The fourth-order valence-corrected chi connectivity index (χ4v) is 3.75. The summed E-state index contributed by atoms with van der Waals surface area (Å²) in [5, 5.41) is 5.18. The number of anilines is 2. The summed E-state index contributed by atoms with van der Waals surface area (Å²) in [6, 6.07) is 10.9. The Morgan fingerprint density at radius 2 is 2.07 bits per heavy atom. The second-order valence-corrected chi connectivity index (χ2v) is 8.08. The van der Waals surface area contributed by atoms with E-state index in [4.69, 9.17) is 9.47 Å². The molecule has 0 atom stereocenters. The molecule has 0 saturated heterocycles. The highest BCUT2D eigenvalue weighted by atomic mass is 32.2. The van der Waals surface area contributed by atoms with Gasteiger partial charge in [-0.3, -0.25) is 9.59 Å². The van der Waals surface area contributed by atoms with E-state index in [1.807, 2.05) is 0 Å².